The Kier molecular flexibility index (Phi) is 3.58. The predicted octanol–water partition coefficient (Wildman–Crippen LogP) is 1.76. The molecule has 5 nitrogen and oxygen atoms in total. The summed E-state index contributed by atoms with van der Waals surface area (Å²) in [6.07, 6.45) is 4.81. The van der Waals surface area contributed by atoms with Crippen LogP contribution in [0.5, 0.6) is 0 Å². The number of methoxy groups -OCH3 is 1. The number of hydrogen-bond donors (Lipinski definition) is 2. The first kappa shape index (κ1) is 11.9. The zero-order chi connectivity index (χ0) is 12.3. The van der Waals surface area contributed by atoms with Gasteiger partial charge < -0.3 is 15.2 Å². The third-order valence-electron chi connectivity index (χ3n) is 3.08. The molecule has 1 aliphatic carbocycles. The molecular weight excluding hydrogens is 220 g/mol. The molecule has 0 radical (unpaired) electrons. The van der Waals surface area contributed by atoms with E-state index < -0.39 is 5.97 Å². The minimum atomic E-state index is -0.934. The van der Waals surface area contributed by atoms with Crippen LogP contribution >= 0.6 is 0 Å². The first-order valence-electron chi connectivity index (χ1n) is 5.67. The van der Waals surface area contributed by atoms with Gasteiger partial charge in [0.1, 0.15) is 5.82 Å². The molecule has 0 spiro atoms. The number of carbonyl (C=O) groups is 1. The van der Waals surface area contributed by atoms with Crippen molar-refractivity contribution in [3.05, 3.63) is 23.9 Å². The quantitative estimate of drug-likeness (QED) is 0.833. The molecule has 1 aromatic rings. The Hall–Kier alpha value is -1.62. The van der Waals surface area contributed by atoms with Gasteiger partial charge in [0.25, 0.3) is 0 Å². The zero-order valence-corrected chi connectivity index (χ0v) is 9.72. The highest BCUT2D eigenvalue weighted by molar-refractivity contribution is 5.88. The summed E-state index contributed by atoms with van der Waals surface area (Å²) in [7, 11) is 1.72. The second-order valence-corrected chi connectivity index (χ2v) is 4.25. The maximum Gasteiger partial charge on any atom is 0.335 e. The van der Waals surface area contributed by atoms with E-state index in [2.05, 4.69) is 10.3 Å². The van der Waals surface area contributed by atoms with Gasteiger partial charge in [-0.25, -0.2) is 9.78 Å². The molecule has 0 amide bonds. The predicted molar refractivity (Wildman–Crippen MR) is 63.3 cm³/mol. The number of carboxylic acids is 1. The molecule has 0 aromatic carbocycles. The van der Waals surface area contributed by atoms with E-state index in [0.29, 0.717) is 18.0 Å². The summed E-state index contributed by atoms with van der Waals surface area (Å²) in [5, 5.41) is 12.1. The molecule has 1 saturated carbocycles. The maximum atomic E-state index is 10.8. The molecule has 0 aliphatic heterocycles. The molecular formula is C12H16N2O3. The van der Waals surface area contributed by atoms with Gasteiger partial charge in [0.2, 0.25) is 0 Å². The van der Waals surface area contributed by atoms with E-state index in [1.807, 2.05) is 0 Å². The Morgan fingerprint density at radius 1 is 1.59 bits per heavy atom. The lowest BCUT2D eigenvalue weighted by Crippen LogP contribution is -2.18. The van der Waals surface area contributed by atoms with Crippen molar-refractivity contribution in [1.29, 1.82) is 0 Å². The van der Waals surface area contributed by atoms with Gasteiger partial charge in [-0.2, -0.15) is 0 Å². The molecule has 1 aliphatic rings. The fourth-order valence-electron chi connectivity index (χ4n) is 2.14. The number of nitrogens with zero attached hydrogens (tertiary/aromatic N) is 1. The number of pyridine rings is 1. The van der Waals surface area contributed by atoms with E-state index in [9.17, 15) is 4.79 Å². The lowest BCUT2D eigenvalue weighted by atomic mass is 10.2. The highest BCUT2D eigenvalue weighted by Gasteiger charge is 2.24. The van der Waals surface area contributed by atoms with Crippen molar-refractivity contribution >= 4 is 11.8 Å². The van der Waals surface area contributed by atoms with E-state index in [4.69, 9.17) is 9.84 Å². The Balaban J connectivity index is 1.99. The second kappa shape index (κ2) is 5.14. The standard InChI is InChI=1S/C12H16N2O3/c1-17-10-3-2-9(7-10)14-11-6-8(12(15)16)4-5-13-11/h4-6,9-10H,2-3,7H2,1H3,(H,13,14)(H,15,16). The molecule has 17 heavy (non-hydrogen) atoms. The van der Waals surface area contributed by atoms with E-state index >= 15 is 0 Å². The summed E-state index contributed by atoms with van der Waals surface area (Å²) < 4.78 is 5.29. The highest BCUT2D eigenvalue weighted by Crippen LogP contribution is 2.24. The van der Waals surface area contributed by atoms with Crippen molar-refractivity contribution in [2.45, 2.75) is 31.4 Å². The largest absolute Gasteiger partial charge is 0.478 e. The Morgan fingerprint density at radius 3 is 3.06 bits per heavy atom. The van der Waals surface area contributed by atoms with Crippen molar-refractivity contribution in [3.63, 3.8) is 0 Å². The van der Waals surface area contributed by atoms with Crippen LogP contribution < -0.4 is 5.32 Å². The second-order valence-electron chi connectivity index (χ2n) is 4.25. The van der Waals surface area contributed by atoms with Gasteiger partial charge in [-0.05, 0) is 31.4 Å². The summed E-state index contributed by atoms with van der Waals surface area (Å²) in [5.74, 6) is -0.316. The summed E-state index contributed by atoms with van der Waals surface area (Å²) >= 11 is 0. The van der Waals surface area contributed by atoms with Crippen LogP contribution in [-0.4, -0.2) is 35.3 Å². The van der Waals surface area contributed by atoms with Crippen molar-refractivity contribution < 1.29 is 14.6 Å². The number of anilines is 1. The molecule has 1 heterocycles. The molecule has 2 unspecified atom stereocenters. The molecule has 92 valence electrons. The first-order valence-corrected chi connectivity index (χ1v) is 5.67. The lowest BCUT2D eigenvalue weighted by Gasteiger charge is -2.13. The van der Waals surface area contributed by atoms with Crippen LogP contribution in [0.15, 0.2) is 18.3 Å². The van der Waals surface area contributed by atoms with Gasteiger partial charge in [0.15, 0.2) is 0 Å². The van der Waals surface area contributed by atoms with Gasteiger partial charge in [-0.3, -0.25) is 0 Å². The molecule has 0 saturated heterocycles. The Morgan fingerprint density at radius 2 is 2.41 bits per heavy atom. The third kappa shape index (κ3) is 2.94. The smallest absolute Gasteiger partial charge is 0.335 e. The highest BCUT2D eigenvalue weighted by atomic mass is 16.5. The topological polar surface area (TPSA) is 71.5 Å². The number of carboxylic acid groups (broad SMARTS) is 1. The van der Waals surface area contributed by atoms with E-state index in [0.717, 1.165) is 19.3 Å². The van der Waals surface area contributed by atoms with Gasteiger partial charge in [-0.1, -0.05) is 0 Å². The van der Waals surface area contributed by atoms with E-state index in [1.54, 1.807) is 13.2 Å². The summed E-state index contributed by atoms with van der Waals surface area (Å²) in [5.41, 5.74) is 0.254. The van der Waals surface area contributed by atoms with Crippen molar-refractivity contribution in [1.82, 2.24) is 4.98 Å². The normalized spacial score (nSPS) is 23.6. The molecule has 1 fully saturated rings. The minimum absolute atomic E-state index is 0.254. The van der Waals surface area contributed by atoms with Crippen LogP contribution in [0.1, 0.15) is 29.6 Å². The number of nitrogens with one attached hydrogen (secondary N) is 1. The summed E-state index contributed by atoms with van der Waals surface area (Å²) in [6.45, 7) is 0. The molecule has 2 N–H and O–H groups in total. The fraction of sp³-hybridized carbons (Fsp3) is 0.500. The first-order chi connectivity index (χ1) is 8.19. The molecule has 1 aromatic heterocycles. The van der Waals surface area contributed by atoms with Crippen LogP contribution in [0, 0.1) is 0 Å². The summed E-state index contributed by atoms with van der Waals surface area (Å²) in [6, 6.07) is 3.36. The Labute approximate surface area is 99.8 Å². The number of rotatable bonds is 4. The van der Waals surface area contributed by atoms with Crippen LogP contribution in [0.25, 0.3) is 0 Å². The molecule has 5 heteroatoms. The maximum absolute atomic E-state index is 10.8. The Bertz CT molecular complexity index is 408. The number of aromatic nitrogens is 1. The summed E-state index contributed by atoms with van der Waals surface area (Å²) in [4.78, 5) is 14.9. The number of hydrogen-bond acceptors (Lipinski definition) is 4. The minimum Gasteiger partial charge on any atom is -0.478 e. The van der Waals surface area contributed by atoms with Gasteiger partial charge in [0, 0.05) is 19.3 Å². The van der Waals surface area contributed by atoms with Crippen LogP contribution in [0.3, 0.4) is 0 Å². The van der Waals surface area contributed by atoms with Crippen molar-refractivity contribution in [2.75, 3.05) is 12.4 Å². The average molecular weight is 236 g/mol. The van der Waals surface area contributed by atoms with Crippen LogP contribution in [-0.2, 0) is 4.74 Å². The SMILES string of the molecule is COC1CCC(Nc2cc(C(=O)O)ccn2)C1. The van der Waals surface area contributed by atoms with Crippen molar-refractivity contribution in [2.24, 2.45) is 0 Å². The third-order valence-corrected chi connectivity index (χ3v) is 3.08. The van der Waals surface area contributed by atoms with Gasteiger partial charge in [0.05, 0.1) is 11.7 Å². The number of aromatic carboxylic acids is 1. The average Bonchev–Trinajstić information content (AvgIpc) is 2.77. The lowest BCUT2D eigenvalue weighted by molar-refractivity contribution is 0.0696. The van der Waals surface area contributed by atoms with E-state index in [1.165, 1.54) is 12.3 Å². The van der Waals surface area contributed by atoms with Crippen molar-refractivity contribution in [3.8, 4) is 0 Å². The van der Waals surface area contributed by atoms with E-state index in [-0.39, 0.29) is 5.56 Å². The fourth-order valence-corrected chi connectivity index (χ4v) is 2.14. The zero-order valence-electron chi connectivity index (χ0n) is 9.72. The molecule has 2 atom stereocenters. The van der Waals surface area contributed by atoms with Crippen LogP contribution in [0.2, 0.25) is 0 Å². The number of ether oxygens (including phenoxy) is 1. The van der Waals surface area contributed by atoms with Gasteiger partial charge >= 0.3 is 5.97 Å². The van der Waals surface area contributed by atoms with Gasteiger partial charge in [-0.15, -0.1) is 0 Å². The monoisotopic (exact) mass is 236 g/mol. The van der Waals surface area contributed by atoms with Crippen LogP contribution in [0.4, 0.5) is 5.82 Å². The molecule has 0 bridgehead atoms. The molecule has 2 rings (SSSR count).